The lowest BCUT2D eigenvalue weighted by Gasteiger charge is -2.10. The number of carbonyl (C=O) groups excluding carboxylic acids is 1. The van der Waals surface area contributed by atoms with Crippen LogP contribution in [0.4, 0.5) is 5.69 Å². The van der Waals surface area contributed by atoms with Crippen molar-refractivity contribution in [2.24, 2.45) is 4.99 Å². The van der Waals surface area contributed by atoms with Crippen molar-refractivity contribution in [1.29, 1.82) is 0 Å². The number of carbonyl (C=O) groups is 1. The summed E-state index contributed by atoms with van der Waals surface area (Å²) in [6, 6.07) is 8.52. The number of anilines is 1. The van der Waals surface area contributed by atoms with Crippen LogP contribution in [-0.4, -0.2) is 31.0 Å². The Kier molecular flexibility index (Phi) is 8.22. The predicted octanol–water partition coefficient (Wildman–Crippen LogP) is 2.52. The molecule has 1 fully saturated rings. The van der Waals surface area contributed by atoms with Crippen LogP contribution in [0.25, 0.3) is 0 Å². The van der Waals surface area contributed by atoms with E-state index >= 15 is 0 Å². The molecule has 0 bridgehead atoms. The molecule has 1 aromatic carbocycles. The summed E-state index contributed by atoms with van der Waals surface area (Å²) >= 11 is 0. The molecule has 0 saturated heterocycles. The number of amides is 1. The quantitative estimate of drug-likeness (QED) is 0.380. The lowest BCUT2D eigenvalue weighted by Crippen LogP contribution is -2.38. The minimum Gasteiger partial charge on any atom is -0.357 e. The Morgan fingerprint density at radius 1 is 1.27 bits per heavy atom. The van der Waals surface area contributed by atoms with Crippen molar-refractivity contribution in [3.05, 3.63) is 29.8 Å². The average Bonchev–Trinajstić information content (AvgIpc) is 3.24. The zero-order valence-electron chi connectivity index (χ0n) is 13.2. The molecule has 1 amide bonds. The lowest BCUT2D eigenvalue weighted by molar-refractivity contribution is -0.114. The molecule has 0 aliphatic heterocycles. The summed E-state index contributed by atoms with van der Waals surface area (Å²) in [6.45, 7) is 5.22. The van der Waals surface area contributed by atoms with Crippen LogP contribution in [0.3, 0.4) is 0 Å². The third kappa shape index (κ3) is 7.11. The van der Waals surface area contributed by atoms with E-state index in [1.54, 1.807) is 0 Å². The van der Waals surface area contributed by atoms with Crippen molar-refractivity contribution in [1.82, 2.24) is 10.6 Å². The van der Waals surface area contributed by atoms with Gasteiger partial charge in [0.2, 0.25) is 5.91 Å². The number of nitrogens with one attached hydrogen (secondary N) is 3. The molecule has 0 spiro atoms. The van der Waals surface area contributed by atoms with Crippen LogP contribution in [0, 0.1) is 0 Å². The molecule has 3 N–H and O–H groups in total. The monoisotopic (exact) mass is 416 g/mol. The standard InChI is InChI=1S/C16H24N4O.HI/c1-3-17-16(20-15-8-9-15)18-11-10-13-4-6-14(7-5-13)19-12(2)21;/h4-7,15H,3,8-11H2,1-2H3,(H,19,21)(H2,17,18,20);1H. The largest absolute Gasteiger partial charge is 0.357 e. The van der Waals surface area contributed by atoms with Crippen molar-refractivity contribution < 1.29 is 4.79 Å². The van der Waals surface area contributed by atoms with Crippen molar-refractivity contribution in [2.45, 2.75) is 39.2 Å². The maximum atomic E-state index is 11.0. The van der Waals surface area contributed by atoms with Crippen LogP contribution < -0.4 is 16.0 Å². The van der Waals surface area contributed by atoms with E-state index in [0.717, 1.165) is 31.2 Å². The van der Waals surface area contributed by atoms with Crippen molar-refractivity contribution in [3.8, 4) is 0 Å². The van der Waals surface area contributed by atoms with Gasteiger partial charge >= 0.3 is 0 Å². The van der Waals surface area contributed by atoms with E-state index in [2.05, 4.69) is 27.9 Å². The molecule has 1 aliphatic rings. The summed E-state index contributed by atoms with van der Waals surface area (Å²) in [6.07, 6.45) is 3.38. The summed E-state index contributed by atoms with van der Waals surface area (Å²) in [5, 5.41) is 9.43. The maximum absolute atomic E-state index is 11.0. The molecule has 1 saturated carbocycles. The zero-order chi connectivity index (χ0) is 15.1. The molecule has 1 aliphatic carbocycles. The number of guanidine groups is 1. The molecule has 2 rings (SSSR count). The van der Waals surface area contributed by atoms with Gasteiger partial charge in [0.1, 0.15) is 0 Å². The summed E-state index contributed by atoms with van der Waals surface area (Å²) in [5.74, 6) is 0.864. The fourth-order valence-electron chi connectivity index (χ4n) is 2.00. The Bertz CT molecular complexity index is 497. The number of benzene rings is 1. The van der Waals surface area contributed by atoms with Gasteiger partial charge in [0.15, 0.2) is 5.96 Å². The normalized spacial score (nSPS) is 14.0. The van der Waals surface area contributed by atoms with E-state index in [1.807, 2.05) is 24.3 Å². The number of rotatable bonds is 6. The summed E-state index contributed by atoms with van der Waals surface area (Å²) in [5.41, 5.74) is 2.05. The van der Waals surface area contributed by atoms with E-state index < -0.39 is 0 Å². The van der Waals surface area contributed by atoms with Crippen molar-refractivity contribution in [3.63, 3.8) is 0 Å². The van der Waals surface area contributed by atoms with Gasteiger partial charge in [-0.3, -0.25) is 9.79 Å². The smallest absolute Gasteiger partial charge is 0.221 e. The first-order valence-electron chi connectivity index (χ1n) is 7.58. The number of halogens is 1. The van der Waals surface area contributed by atoms with E-state index in [1.165, 1.54) is 25.3 Å². The van der Waals surface area contributed by atoms with Crippen LogP contribution in [-0.2, 0) is 11.2 Å². The van der Waals surface area contributed by atoms with Gasteiger partial charge in [-0.25, -0.2) is 0 Å². The second-order valence-corrected chi connectivity index (χ2v) is 5.31. The zero-order valence-corrected chi connectivity index (χ0v) is 15.5. The molecule has 0 aromatic heterocycles. The SMILES string of the molecule is CCNC(=NCCc1ccc(NC(C)=O)cc1)NC1CC1.I. The molecule has 6 heteroatoms. The van der Waals surface area contributed by atoms with Crippen LogP contribution in [0.5, 0.6) is 0 Å². The average molecular weight is 416 g/mol. The maximum Gasteiger partial charge on any atom is 0.221 e. The Labute approximate surface area is 149 Å². The summed E-state index contributed by atoms with van der Waals surface area (Å²) < 4.78 is 0. The summed E-state index contributed by atoms with van der Waals surface area (Å²) in [4.78, 5) is 15.5. The third-order valence-electron chi connectivity index (χ3n) is 3.21. The third-order valence-corrected chi connectivity index (χ3v) is 3.21. The molecular weight excluding hydrogens is 391 g/mol. The predicted molar refractivity (Wildman–Crippen MR) is 102 cm³/mol. The van der Waals surface area contributed by atoms with Crippen LogP contribution in [0.2, 0.25) is 0 Å². The molecule has 0 atom stereocenters. The first-order chi connectivity index (χ1) is 10.2. The first kappa shape index (κ1) is 18.7. The Morgan fingerprint density at radius 3 is 2.50 bits per heavy atom. The van der Waals surface area contributed by atoms with Gasteiger partial charge in [-0.05, 0) is 43.9 Å². The second kappa shape index (κ2) is 9.66. The number of aliphatic imine (C=N–C) groups is 1. The van der Waals surface area contributed by atoms with E-state index in [4.69, 9.17) is 0 Å². The van der Waals surface area contributed by atoms with Crippen molar-refractivity contribution in [2.75, 3.05) is 18.4 Å². The molecule has 0 heterocycles. The number of nitrogens with zero attached hydrogens (tertiary/aromatic N) is 1. The first-order valence-corrected chi connectivity index (χ1v) is 7.58. The highest BCUT2D eigenvalue weighted by Crippen LogP contribution is 2.18. The van der Waals surface area contributed by atoms with Gasteiger partial charge in [0.05, 0.1) is 0 Å². The van der Waals surface area contributed by atoms with E-state index in [9.17, 15) is 4.79 Å². The Morgan fingerprint density at radius 2 is 1.95 bits per heavy atom. The Balaban J connectivity index is 0.00000242. The van der Waals surface area contributed by atoms with Crippen LogP contribution >= 0.6 is 24.0 Å². The molecule has 1 aromatic rings. The van der Waals surface area contributed by atoms with Crippen LogP contribution in [0.15, 0.2) is 29.3 Å². The number of hydrogen-bond acceptors (Lipinski definition) is 2. The highest BCUT2D eigenvalue weighted by atomic mass is 127. The number of hydrogen-bond donors (Lipinski definition) is 3. The van der Waals surface area contributed by atoms with Crippen LogP contribution in [0.1, 0.15) is 32.3 Å². The van der Waals surface area contributed by atoms with Gasteiger partial charge in [0.25, 0.3) is 0 Å². The van der Waals surface area contributed by atoms with Gasteiger partial charge in [0, 0.05) is 31.7 Å². The molecular formula is C16H25IN4O. The van der Waals surface area contributed by atoms with Gasteiger partial charge in [-0.2, -0.15) is 0 Å². The molecule has 0 radical (unpaired) electrons. The van der Waals surface area contributed by atoms with Gasteiger partial charge in [-0.1, -0.05) is 12.1 Å². The fraction of sp³-hybridized carbons (Fsp3) is 0.500. The second-order valence-electron chi connectivity index (χ2n) is 5.31. The Hall–Kier alpha value is -1.31. The fourth-order valence-corrected chi connectivity index (χ4v) is 2.00. The van der Waals surface area contributed by atoms with E-state index in [0.29, 0.717) is 6.04 Å². The lowest BCUT2D eigenvalue weighted by atomic mass is 10.1. The topological polar surface area (TPSA) is 65.5 Å². The molecule has 0 unspecified atom stereocenters. The molecule has 5 nitrogen and oxygen atoms in total. The minimum absolute atomic E-state index is 0. The van der Waals surface area contributed by atoms with Gasteiger partial charge in [-0.15, -0.1) is 24.0 Å². The highest BCUT2D eigenvalue weighted by Gasteiger charge is 2.21. The summed E-state index contributed by atoms with van der Waals surface area (Å²) in [7, 11) is 0. The highest BCUT2D eigenvalue weighted by molar-refractivity contribution is 14.0. The molecule has 122 valence electrons. The minimum atomic E-state index is -0.0474. The molecule has 22 heavy (non-hydrogen) atoms. The van der Waals surface area contributed by atoms with E-state index in [-0.39, 0.29) is 29.9 Å². The van der Waals surface area contributed by atoms with Gasteiger partial charge < -0.3 is 16.0 Å². The van der Waals surface area contributed by atoms with Crippen molar-refractivity contribution >= 4 is 41.5 Å².